The monoisotopic (exact) mass is 523 g/mol. The molecule has 0 spiro atoms. The summed E-state index contributed by atoms with van der Waals surface area (Å²) >= 11 is 0. The number of anilines is 2. The highest BCUT2D eigenvalue weighted by molar-refractivity contribution is 5.94. The van der Waals surface area contributed by atoms with E-state index in [1.54, 1.807) is 0 Å². The van der Waals surface area contributed by atoms with Gasteiger partial charge < -0.3 is 19.3 Å². The number of aryl methyl sites for hydroxylation is 3. The van der Waals surface area contributed by atoms with Crippen LogP contribution in [-0.2, 0) is 20.7 Å². The summed E-state index contributed by atoms with van der Waals surface area (Å²) in [6, 6.07) is 20.3. The molecule has 2 aliphatic rings. The maximum absolute atomic E-state index is 12.6. The van der Waals surface area contributed by atoms with Crippen molar-refractivity contribution in [3.63, 3.8) is 0 Å². The van der Waals surface area contributed by atoms with E-state index >= 15 is 0 Å². The minimum atomic E-state index is -0.874. The van der Waals surface area contributed by atoms with Crippen LogP contribution in [0.15, 0.2) is 66.7 Å². The third-order valence-electron chi connectivity index (χ3n) is 7.91. The van der Waals surface area contributed by atoms with Crippen LogP contribution in [0.5, 0.6) is 0 Å². The van der Waals surface area contributed by atoms with Gasteiger partial charge in [0.15, 0.2) is 0 Å². The molecule has 1 unspecified atom stereocenters. The molecule has 3 aromatic rings. The van der Waals surface area contributed by atoms with Crippen molar-refractivity contribution in [1.29, 1.82) is 0 Å². The highest BCUT2D eigenvalue weighted by atomic mass is 16.5. The zero-order valence-electron chi connectivity index (χ0n) is 22.9. The predicted octanol–water partition coefficient (Wildman–Crippen LogP) is 5.52. The summed E-state index contributed by atoms with van der Waals surface area (Å²) in [6.07, 6.45) is 7.60. The number of fused-ring (bicyclic) bond motifs is 1. The third-order valence-corrected chi connectivity index (χ3v) is 7.91. The van der Waals surface area contributed by atoms with Crippen LogP contribution < -0.4 is 9.80 Å². The van der Waals surface area contributed by atoms with Crippen molar-refractivity contribution in [3.05, 3.63) is 94.7 Å². The first-order chi connectivity index (χ1) is 19.0. The number of piperazine rings is 1. The highest BCUT2D eigenvalue weighted by Crippen LogP contribution is 2.27. The Balaban J connectivity index is 1.12. The Labute approximate surface area is 231 Å². The van der Waals surface area contributed by atoms with Gasteiger partial charge in [0.2, 0.25) is 0 Å². The molecule has 1 aromatic heterocycles. The normalized spacial score (nSPS) is 17.7. The first kappa shape index (κ1) is 26.7. The van der Waals surface area contributed by atoms with Crippen LogP contribution in [0.2, 0.25) is 0 Å². The van der Waals surface area contributed by atoms with E-state index in [0.717, 1.165) is 68.1 Å². The Kier molecular flexibility index (Phi) is 8.40. The molecule has 0 N–H and O–H groups in total. The third kappa shape index (κ3) is 6.39. The highest BCUT2D eigenvalue weighted by Gasteiger charge is 2.23. The zero-order valence-corrected chi connectivity index (χ0v) is 22.9. The minimum Gasteiger partial charge on any atom is -0.465 e. The predicted molar refractivity (Wildman–Crippen MR) is 156 cm³/mol. The van der Waals surface area contributed by atoms with Crippen molar-refractivity contribution in [3.8, 4) is 0 Å². The van der Waals surface area contributed by atoms with E-state index in [1.165, 1.54) is 11.3 Å². The van der Waals surface area contributed by atoms with Gasteiger partial charge in [0.05, 0.1) is 12.3 Å². The fourth-order valence-electron chi connectivity index (χ4n) is 5.47. The Bertz CT molecular complexity index is 1330. The van der Waals surface area contributed by atoms with Gasteiger partial charge in [-0.25, -0.2) is 4.98 Å². The molecule has 2 heterocycles. The van der Waals surface area contributed by atoms with Crippen LogP contribution in [0.25, 0.3) is 6.08 Å². The van der Waals surface area contributed by atoms with Gasteiger partial charge in [0.25, 0.3) is 0 Å². The number of aldehydes is 1. The fraction of sp³-hybridized carbons (Fsp3) is 0.364. The Morgan fingerprint density at radius 3 is 2.49 bits per heavy atom. The summed E-state index contributed by atoms with van der Waals surface area (Å²) in [4.78, 5) is 34.1. The number of ether oxygens (including phenoxy) is 1. The molecule has 2 atom stereocenters. The number of nitrogens with zero attached hydrogens (tertiary/aromatic N) is 3. The van der Waals surface area contributed by atoms with Crippen LogP contribution >= 0.6 is 0 Å². The lowest BCUT2D eigenvalue weighted by atomic mass is 9.99. The molecule has 0 amide bonds. The lowest BCUT2D eigenvalue weighted by molar-refractivity contribution is -0.146. The second-order valence-corrected chi connectivity index (χ2v) is 10.6. The van der Waals surface area contributed by atoms with E-state index in [-0.39, 0.29) is 0 Å². The molecule has 2 aromatic carbocycles. The second kappa shape index (κ2) is 12.3. The molecule has 0 bridgehead atoms. The van der Waals surface area contributed by atoms with Gasteiger partial charge in [-0.2, -0.15) is 0 Å². The van der Waals surface area contributed by atoms with E-state index in [2.05, 4.69) is 65.3 Å². The molecule has 0 radical (unpaired) electrons. The molecule has 6 heteroatoms. The van der Waals surface area contributed by atoms with Crippen LogP contribution in [-0.4, -0.2) is 50.0 Å². The Morgan fingerprint density at radius 1 is 1.00 bits per heavy atom. The summed E-state index contributed by atoms with van der Waals surface area (Å²) in [5.74, 6) is -0.0126. The standard InChI is InChI=1S/C33H37N3O3/c1-24-7-11-27(12-8-24)29(23-37)33(38)39-22-17-26-9-13-28-14-16-32(34-30(28)15-10-26)36-20-18-35(19-21-36)31-6-4-3-5-25(31)2/h3-9,11-14,16,23,26,29H,10,15,17-22H2,1-2H3/t26?,29-/m1/s1. The zero-order chi connectivity index (χ0) is 27.2. The van der Waals surface area contributed by atoms with E-state index in [1.807, 2.05) is 31.2 Å². The topological polar surface area (TPSA) is 62.7 Å². The first-order valence-electron chi connectivity index (χ1n) is 13.9. The van der Waals surface area contributed by atoms with Crippen LogP contribution in [0.4, 0.5) is 11.5 Å². The largest absolute Gasteiger partial charge is 0.465 e. The van der Waals surface area contributed by atoms with E-state index < -0.39 is 11.9 Å². The van der Waals surface area contributed by atoms with Crippen LogP contribution in [0.3, 0.4) is 0 Å². The van der Waals surface area contributed by atoms with E-state index in [0.29, 0.717) is 24.4 Å². The molecule has 1 aliphatic carbocycles. The summed E-state index contributed by atoms with van der Waals surface area (Å²) < 4.78 is 5.52. The molecule has 0 saturated carbocycles. The van der Waals surface area contributed by atoms with Crippen molar-refractivity contribution in [2.24, 2.45) is 5.92 Å². The van der Waals surface area contributed by atoms with Gasteiger partial charge in [0, 0.05) is 31.9 Å². The van der Waals surface area contributed by atoms with Gasteiger partial charge in [-0.1, -0.05) is 60.2 Å². The van der Waals surface area contributed by atoms with E-state index in [9.17, 15) is 9.59 Å². The van der Waals surface area contributed by atoms with Gasteiger partial charge in [-0.3, -0.25) is 4.79 Å². The average molecular weight is 524 g/mol. The number of hydrogen-bond acceptors (Lipinski definition) is 6. The number of allylic oxidation sites excluding steroid dienone is 1. The summed E-state index contributed by atoms with van der Waals surface area (Å²) in [7, 11) is 0. The molecule has 202 valence electrons. The first-order valence-corrected chi connectivity index (χ1v) is 13.9. The van der Waals surface area contributed by atoms with Gasteiger partial charge in [-0.05, 0) is 73.9 Å². The minimum absolute atomic E-state index is 0.294. The molecule has 39 heavy (non-hydrogen) atoms. The molecule has 6 nitrogen and oxygen atoms in total. The summed E-state index contributed by atoms with van der Waals surface area (Å²) in [5, 5.41) is 0. The van der Waals surface area contributed by atoms with Gasteiger partial charge in [0.1, 0.15) is 18.0 Å². The van der Waals surface area contributed by atoms with Crippen LogP contribution in [0.1, 0.15) is 46.7 Å². The molecule has 1 saturated heterocycles. The number of pyridine rings is 1. The van der Waals surface area contributed by atoms with Crippen molar-refractivity contribution in [2.75, 3.05) is 42.6 Å². The number of benzene rings is 2. The lowest BCUT2D eigenvalue weighted by Crippen LogP contribution is -2.47. The second-order valence-electron chi connectivity index (χ2n) is 10.6. The maximum Gasteiger partial charge on any atom is 0.320 e. The summed E-state index contributed by atoms with van der Waals surface area (Å²) in [6.45, 7) is 8.32. The maximum atomic E-state index is 12.6. The van der Waals surface area contributed by atoms with Crippen molar-refractivity contribution in [1.82, 2.24) is 4.98 Å². The van der Waals surface area contributed by atoms with Gasteiger partial charge in [-0.15, -0.1) is 0 Å². The fourth-order valence-corrected chi connectivity index (χ4v) is 5.47. The van der Waals surface area contributed by atoms with Crippen molar-refractivity contribution >= 4 is 29.8 Å². The van der Waals surface area contributed by atoms with Crippen molar-refractivity contribution < 1.29 is 14.3 Å². The number of carbonyl (C=O) groups excluding carboxylic acids is 2. The Morgan fingerprint density at radius 2 is 1.74 bits per heavy atom. The summed E-state index contributed by atoms with van der Waals surface area (Å²) in [5.41, 5.74) is 6.69. The lowest BCUT2D eigenvalue weighted by Gasteiger charge is -2.37. The number of esters is 1. The number of hydrogen-bond donors (Lipinski definition) is 0. The SMILES string of the molecule is Cc1ccc([C@@H](C=O)C(=O)OCCC2C=Cc3ccc(N4CCN(c5ccccc5C)CC4)nc3CC2)cc1. The Hall–Kier alpha value is -3.93. The quantitative estimate of drug-likeness (QED) is 0.220. The molecule has 5 rings (SSSR count). The van der Waals surface area contributed by atoms with Crippen LogP contribution in [0, 0.1) is 19.8 Å². The number of carbonyl (C=O) groups is 2. The molecule has 1 fully saturated rings. The average Bonchev–Trinajstić information content (AvgIpc) is 3.17. The number of rotatable bonds is 8. The number of para-hydroxylation sites is 1. The van der Waals surface area contributed by atoms with Crippen molar-refractivity contribution in [2.45, 2.75) is 39.0 Å². The van der Waals surface area contributed by atoms with Gasteiger partial charge >= 0.3 is 5.97 Å². The molecule has 1 aliphatic heterocycles. The van der Waals surface area contributed by atoms with E-state index in [4.69, 9.17) is 9.72 Å². The molecular weight excluding hydrogens is 486 g/mol. The molecular formula is C33H37N3O3. The smallest absolute Gasteiger partial charge is 0.320 e. The number of aromatic nitrogens is 1.